The van der Waals surface area contributed by atoms with Crippen LogP contribution in [-0.4, -0.2) is 4.92 Å². The first-order chi connectivity index (χ1) is 9.58. The predicted octanol–water partition coefficient (Wildman–Crippen LogP) is 3.58. The molecule has 0 aliphatic heterocycles. The van der Waals surface area contributed by atoms with Gasteiger partial charge in [0.1, 0.15) is 5.82 Å². The van der Waals surface area contributed by atoms with Crippen LogP contribution in [0.3, 0.4) is 0 Å². The molecule has 0 aliphatic rings. The number of benzene rings is 2. The lowest BCUT2D eigenvalue weighted by Crippen LogP contribution is -2.18. The smallest absolute Gasteiger partial charge is 0.269 e. The molecule has 104 valence electrons. The molecule has 20 heavy (non-hydrogen) atoms. The Kier molecular flexibility index (Phi) is 4.42. The number of nitro benzene ring substituents is 1. The van der Waals surface area contributed by atoms with Gasteiger partial charge in [-0.1, -0.05) is 30.3 Å². The van der Waals surface area contributed by atoms with Crippen molar-refractivity contribution in [3.8, 4) is 0 Å². The monoisotopic (exact) mass is 274 g/mol. The van der Waals surface area contributed by atoms with Crippen LogP contribution in [0.15, 0.2) is 48.5 Å². The van der Waals surface area contributed by atoms with Gasteiger partial charge in [0, 0.05) is 30.3 Å². The van der Waals surface area contributed by atoms with Gasteiger partial charge >= 0.3 is 0 Å². The van der Waals surface area contributed by atoms with Crippen LogP contribution in [0.5, 0.6) is 0 Å². The van der Waals surface area contributed by atoms with Crippen molar-refractivity contribution < 1.29 is 9.31 Å². The van der Waals surface area contributed by atoms with Crippen molar-refractivity contribution in [3.63, 3.8) is 0 Å². The fraction of sp³-hybridized carbons (Fsp3) is 0.200. The Morgan fingerprint density at radius 3 is 2.45 bits per heavy atom. The summed E-state index contributed by atoms with van der Waals surface area (Å²) in [5.74, 6) is -0.240. The number of nitrogens with one attached hydrogen (secondary N) is 1. The van der Waals surface area contributed by atoms with Crippen LogP contribution in [0.25, 0.3) is 0 Å². The van der Waals surface area contributed by atoms with E-state index in [0.717, 1.165) is 5.56 Å². The van der Waals surface area contributed by atoms with Crippen LogP contribution in [0.4, 0.5) is 10.1 Å². The van der Waals surface area contributed by atoms with E-state index in [-0.39, 0.29) is 17.5 Å². The molecule has 0 aromatic heterocycles. The molecule has 0 saturated heterocycles. The van der Waals surface area contributed by atoms with Crippen LogP contribution in [0, 0.1) is 15.9 Å². The Morgan fingerprint density at radius 2 is 1.85 bits per heavy atom. The first-order valence-electron chi connectivity index (χ1n) is 6.29. The molecule has 2 aromatic carbocycles. The first-order valence-corrected chi connectivity index (χ1v) is 6.29. The lowest BCUT2D eigenvalue weighted by Gasteiger charge is -2.14. The number of halogens is 1. The van der Waals surface area contributed by atoms with Crippen molar-refractivity contribution in [2.24, 2.45) is 0 Å². The van der Waals surface area contributed by atoms with Crippen LogP contribution >= 0.6 is 0 Å². The standard InChI is InChI=1S/C15H15FN2O2/c1-11(12-6-8-14(9-7-12)18(19)20)17-10-13-4-2-3-5-15(13)16/h2-9,11,17H,10H2,1H3. The van der Waals surface area contributed by atoms with Crippen LogP contribution < -0.4 is 5.32 Å². The summed E-state index contributed by atoms with van der Waals surface area (Å²) in [6.07, 6.45) is 0. The van der Waals surface area contributed by atoms with E-state index >= 15 is 0 Å². The van der Waals surface area contributed by atoms with Gasteiger partial charge in [-0.25, -0.2) is 4.39 Å². The Bertz CT molecular complexity index is 599. The fourth-order valence-electron chi connectivity index (χ4n) is 1.91. The lowest BCUT2D eigenvalue weighted by atomic mass is 10.1. The second-order valence-corrected chi connectivity index (χ2v) is 4.54. The molecule has 0 heterocycles. The van der Waals surface area contributed by atoms with Crippen molar-refractivity contribution in [2.75, 3.05) is 0 Å². The van der Waals surface area contributed by atoms with Crippen molar-refractivity contribution >= 4 is 5.69 Å². The normalized spacial score (nSPS) is 12.1. The Labute approximate surface area is 116 Å². The van der Waals surface area contributed by atoms with Crippen LogP contribution in [0.1, 0.15) is 24.1 Å². The van der Waals surface area contributed by atoms with Gasteiger partial charge in [0.15, 0.2) is 0 Å². The van der Waals surface area contributed by atoms with E-state index in [0.29, 0.717) is 12.1 Å². The fourth-order valence-corrected chi connectivity index (χ4v) is 1.91. The zero-order chi connectivity index (χ0) is 14.5. The average molecular weight is 274 g/mol. The van der Waals surface area contributed by atoms with Gasteiger partial charge in [0.2, 0.25) is 0 Å². The number of hydrogen-bond acceptors (Lipinski definition) is 3. The van der Waals surface area contributed by atoms with Gasteiger partial charge in [0.05, 0.1) is 4.92 Å². The van der Waals surface area contributed by atoms with Crippen molar-refractivity contribution in [1.29, 1.82) is 0 Å². The molecular weight excluding hydrogens is 259 g/mol. The van der Waals surface area contributed by atoms with Crippen molar-refractivity contribution in [3.05, 3.63) is 75.6 Å². The average Bonchev–Trinajstić information content (AvgIpc) is 2.46. The molecule has 1 atom stereocenters. The number of rotatable bonds is 5. The number of nitrogens with zero attached hydrogens (tertiary/aromatic N) is 1. The summed E-state index contributed by atoms with van der Waals surface area (Å²) in [5.41, 5.74) is 1.59. The number of non-ortho nitro benzene ring substituents is 1. The summed E-state index contributed by atoms with van der Waals surface area (Å²) in [4.78, 5) is 10.1. The highest BCUT2D eigenvalue weighted by molar-refractivity contribution is 5.34. The molecule has 0 radical (unpaired) electrons. The van der Waals surface area contributed by atoms with E-state index in [9.17, 15) is 14.5 Å². The maximum atomic E-state index is 13.5. The van der Waals surface area contributed by atoms with E-state index in [2.05, 4.69) is 5.32 Å². The quantitative estimate of drug-likeness (QED) is 0.669. The van der Waals surface area contributed by atoms with E-state index in [1.165, 1.54) is 18.2 Å². The molecule has 5 heteroatoms. The van der Waals surface area contributed by atoms with Crippen LogP contribution in [-0.2, 0) is 6.54 Å². The Balaban J connectivity index is 2.00. The molecule has 2 aromatic rings. The lowest BCUT2D eigenvalue weighted by molar-refractivity contribution is -0.384. The number of nitro groups is 1. The second kappa shape index (κ2) is 6.25. The second-order valence-electron chi connectivity index (χ2n) is 4.54. The van der Waals surface area contributed by atoms with E-state index < -0.39 is 4.92 Å². The number of hydrogen-bond donors (Lipinski definition) is 1. The Hall–Kier alpha value is -2.27. The molecule has 0 spiro atoms. The summed E-state index contributed by atoms with van der Waals surface area (Å²) >= 11 is 0. The minimum absolute atomic E-state index is 0.0181. The zero-order valence-corrected chi connectivity index (χ0v) is 11.0. The topological polar surface area (TPSA) is 55.2 Å². The molecule has 0 fully saturated rings. The molecule has 0 amide bonds. The van der Waals surface area contributed by atoms with Gasteiger partial charge in [-0.2, -0.15) is 0 Å². The maximum absolute atomic E-state index is 13.5. The molecule has 0 bridgehead atoms. The molecule has 1 unspecified atom stereocenters. The highest BCUT2D eigenvalue weighted by atomic mass is 19.1. The highest BCUT2D eigenvalue weighted by Crippen LogP contribution is 2.18. The maximum Gasteiger partial charge on any atom is 0.269 e. The van der Waals surface area contributed by atoms with Gasteiger partial charge in [0.25, 0.3) is 5.69 Å². The Morgan fingerprint density at radius 1 is 1.20 bits per heavy atom. The largest absolute Gasteiger partial charge is 0.306 e. The predicted molar refractivity (Wildman–Crippen MR) is 74.8 cm³/mol. The summed E-state index contributed by atoms with van der Waals surface area (Å²) in [6, 6.07) is 12.9. The minimum atomic E-state index is -0.429. The highest BCUT2D eigenvalue weighted by Gasteiger charge is 2.09. The van der Waals surface area contributed by atoms with Crippen LogP contribution in [0.2, 0.25) is 0 Å². The molecular formula is C15H15FN2O2. The summed E-state index contributed by atoms with van der Waals surface area (Å²) in [7, 11) is 0. The summed E-state index contributed by atoms with van der Waals surface area (Å²) in [5, 5.41) is 13.8. The van der Waals surface area contributed by atoms with E-state index in [1.54, 1.807) is 30.3 Å². The third-order valence-electron chi connectivity index (χ3n) is 3.16. The SMILES string of the molecule is CC(NCc1ccccc1F)c1ccc([N+](=O)[O-])cc1. The third-order valence-corrected chi connectivity index (χ3v) is 3.16. The molecule has 1 N–H and O–H groups in total. The first kappa shape index (κ1) is 14.1. The molecule has 0 saturated carbocycles. The summed E-state index contributed by atoms with van der Waals surface area (Å²) < 4.78 is 13.5. The molecule has 0 aliphatic carbocycles. The van der Waals surface area contributed by atoms with Crippen molar-refractivity contribution in [1.82, 2.24) is 5.32 Å². The van der Waals surface area contributed by atoms with E-state index in [1.807, 2.05) is 6.92 Å². The minimum Gasteiger partial charge on any atom is -0.306 e. The zero-order valence-electron chi connectivity index (χ0n) is 11.0. The van der Waals surface area contributed by atoms with Gasteiger partial charge in [-0.3, -0.25) is 10.1 Å². The van der Waals surface area contributed by atoms with Gasteiger partial charge < -0.3 is 5.32 Å². The van der Waals surface area contributed by atoms with E-state index in [4.69, 9.17) is 0 Å². The van der Waals surface area contributed by atoms with Gasteiger partial charge in [-0.05, 0) is 18.6 Å². The third kappa shape index (κ3) is 3.39. The molecule has 4 nitrogen and oxygen atoms in total. The van der Waals surface area contributed by atoms with Crippen molar-refractivity contribution in [2.45, 2.75) is 19.5 Å². The van der Waals surface area contributed by atoms with Gasteiger partial charge in [-0.15, -0.1) is 0 Å². The molecule has 2 rings (SSSR count). The summed E-state index contributed by atoms with van der Waals surface area (Å²) in [6.45, 7) is 2.34.